The van der Waals surface area contributed by atoms with E-state index in [0.29, 0.717) is 13.0 Å². The molecule has 9 heteroatoms. The number of aliphatic carboxylic acids is 1. The number of alkyl halides is 6. The van der Waals surface area contributed by atoms with E-state index in [4.69, 9.17) is 5.11 Å². The fourth-order valence-corrected chi connectivity index (χ4v) is 1.52. The first-order valence-electron chi connectivity index (χ1n) is 5.37. The molecule has 1 unspecified atom stereocenters. The number of hydrogen-bond donors (Lipinski definition) is 1. The summed E-state index contributed by atoms with van der Waals surface area (Å²) in [7, 11) is 0. The van der Waals surface area contributed by atoms with Crippen molar-refractivity contribution in [1.82, 2.24) is 0 Å². The molecule has 1 N–H and O–H groups in total. The molecule has 2 atom stereocenters. The third kappa shape index (κ3) is 3.91. The summed E-state index contributed by atoms with van der Waals surface area (Å²) in [6.45, 7) is 0.574. The van der Waals surface area contributed by atoms with E-state index < -0.39 is 48.1 Å². The standard InChI is InChI=1S/C11H10F6O3/c1-5(10(12,13)14)20-8-3-2-6(9(18)19)4-7(8)11(15,16)17/h2-3,5,7H,4H2,1H3,(H,18,19)/t5-,7?/m0/s1. The molecule has 1 aliphatic carbocycles. The lowest BCUT2D eigenvalue weighted by atomic mass is 9.91. The maximum atomic E-state index is 12.8. The van der Waals surface area contributed by atoms with Crippen molar-refractivity contribution >= 4 is 5.97 Å². The van der Waals surface area contributed by atoms with Crippen LogP contribution in [0, 0.1) is 5.92 Å². The average Bonchev–Trinajstić information content (AvgIpc) is 2.26. The Morgan fingerprint density at radius 3 is 2.25 bits per heavy atom. The van der Waals surface area contributed by atoms with Gasteiger partial charge in [0.1, 0.15) is 11.7 Å². The summed E-state index contributed by atoms with van der Waals surface area (Å²) in [5, 5.41) is 8.63. The summed E-state index contributed by atoms with van der Waals surface area (Å²) in [4.78, 5) is 10.6. The fourth-order valence-electron chi connectivity index (χ4n) is 1.52. The summed E-state index contributed by atoms with van der Waals surface area (Å²) >= 11 is 0. The van der Waals surface area contributed by atoms with Crippen LogP contribution in [-0.2, 0) is 9.53 Å². The first-order valence-corrected chi connectivity index (χ1v) is 5.37. The number of ether oxygens (including phenoxy) is 1. The molecule has 0 saturated heterocycles. The van der Waals surface area contributed by atoms with Gasteiger partial charge in [0.2, 0.25) is 0 Å². The van der Waals surface area contributed by atoms with Crippen LogP contribution in [0.25, 0.3) is 0 Å². The Kier molecular flexibility index (Phi) is 4.40. The number of rotatable bonds is 3. The van der Waals surface area contributed by atoms with Gasteiger partial charge in [-0.25, -0.2) is 4.79 Å². The fraction of sp³-hybridized carbons (Fsp3) is 0.545. The molecule has 0 aromatic heterocycles. The smallest absolute Gasteiger partial charge is 0.425 e. The molecule has 0 spiro atoms. The zero-order valence-electron chi connectivity index (χ0n) is 10.0. The number of allylic oxidation sites excluding steroid dienone is 3. The molecule has 0 heterocycles. The van der Waals surface area contributed by atoms with Crippen LogP contribution in [0.15, 0.2) is 23.5 Å². The maximum Gasteiger partial charge on any atom is 0.425 e. The zero-order chi connectivity index (χ0) is 15.7. The average molecular weight is 304 g/mol. The molecule has 3 nitrogen and oxygen atoms in total. The van der Waals surface area contributed by atoms with Gasteiger partial charge in [-0.2, -0.15) is 26.3 Å². The van der Waals surface area contributed by atoms with Gasteiger partial charge in [0, 0.05) is 5.57 Å². The van der Waals surface area contributed by atoms with E-state index in [-0.39, 0.29) is 0 Å². The van der Waals surface area contributed by atoms with Gasteiger partial charge in [0.15, 0.2) is 6.10 Å². The lowest BCUT2D eigenvalue weighted by Gasteiger charge is -2.28. The lowest BCUT2D eigenvalue weighted by molar-refractivity contribution is -0.220. The zero-order valence-corrected chi connectivity index (χ0v) is 10.0. The van der Waals surface area contributed by atoms with E-state index in [2.05, 4.69) is 4.74 Å². The Morgan fingerprint density at radius 1 is 1.30 bits per heavy atom. The largest absolute Gasteiger partial charge is 0.485 e. The number of carboxylic acids is 1. The molecule has 0 fully saturated rings. The summed E-state index contributed by atoms with van der Waals surface area (Å²) in [6, 6.07) is 0. The monoisotopic (exact) mass is 304 g/mol. The van der Waals surface area contributed by atoms with E-state index in [1.165, 1.54) is 0 Å². The van der Waals surface area contributed by atoms with E-state index >= 15 is 0 Å². The molecule has 0 aliphatic heterocycles. The number of hydrogen-bond acceptors (Lipinski definition) is 2. The first-order chi connectivity index (χ1) is 8.93. The molecule has 114 valence electrons. The van der Waals surface area contributed by atoms with Crippen molar-refractivity contribution in [2.45, 2.75) is 31.8 Å². The minimum atomic E-state index is -4.90. The van der Waals surface area contributed by atoms with Crippen molar-refractivity contribution in [3.63, 3.8) is 0 Å². The Balaban J connectivity index is 3.03. The van der Waals surface area contributed by atoms with Crippen LogP contribution in [-0.4, -0.2) is 29.5 Å². The van der Waals surface area contributed by atoms with Crippen LogP contribution >= 0.6 is 0 Å². The predicted molar refractivity (Wildman–Crippen MR) is 54.6 cm³/mol. The van der Waals surface area contributed by atoms with E-state index in [1.807, 2.05) is 0 Å². The minimum Gasteiger partial charge on any atom is -0.485 e. The van der Waals surface area contributed by atoms with Gasteiger partial charge in [0.25, 0.3) is 0 Å². The summed E-state index contributed by atoms with van der Waals surface area (Å²) in [6.07, 6.45) is -11.7. The van der Waals surface area contributed by atoms with Crippen LogP contribution in [0.5, 0.6) is 0 Å². The highest BCUT2D eigenvalue weighted by Crippen LogP contribution is 2.40. The molecule has 0 amide bonds. The maximum absolute atomic E-state index is 12.8. The highest BCUT2D eigenvalue weighted by atomic mass is 19.4. The molecule has 0 radical (unpaired) electrons. The number of halogens is 6. The highest BCUT2D eigenvalue weighted by Gasteiger charge is 2.47. The third-order valence-electron chi connectivity index (χ3n) is 2.66. The van der Waals surface area contributed by atoms with Crippen LogP contribution in [0.1, 0.15) is 13.3 Å². The second-order valence-corrected chi connectivity index (χ2v) is 4.17. The van der Waals surface area contributed by atoms with Crippen LogP contribution < -0.4 is 0 Å². The van der Waals surface area contributed by atoms with Crippen molar-refractivity contribution in [3.8, 4) is 0 Å². The molecular weight excluding hydrogens is 294 g/mol. The van der Waals surface area contributed by atoms with Crippen molar-refractivity contribution in [1.29, 1.82) is 0 Å². The topological polar surface area (TPSA) is 46.5 Å². The van der Waals surface area contributed by atoms with Crippen molar-refractivity contribution < 1.29 is 41.0 Å². The number of carbonyl (C=O) groups is 1. The Morgan fingerprint density at radius 2 is 1.85 bits per heavy atom. The quantitative estimate of drug-likeness (QED) is 0.813. The van der Waals surface area contributed by atoms with Gasteiger partial charge in [-0.1, -0.05) is 0 Å². The van der Waals surface area contributed by atoms with Gasteiger partial charge in [-0.15, -0.1) is 0 Å². The minimum absolute atomic E-state index is 0.542. The third-order valence-corrected chi connectivity index (χ3v) is 2.66. The second kappa shape index (κ2) is 5.37. The van der Waals surface area contributed by atoms with E-state index in [1.54, 1.807) is 0 Å². The summed E-state index contributed by atoms with van der Waals surface area (Å²) < 4.78 is 79.4. The Bertz CT molecular complexity index is 446. The highest BCUT2D eigenvalue weighted by molar-refractivity contribution is 5.87. The molecule has 0 aromatic carbocycles. The normalized spacial score (nSPS) is 21.9. The van der Waals surface area contributed by atoms with Crippen LogP contribution in [0.2, 0.25) is 0 Å². The SMILES string of the molecule is C[C@H](OC1=CC=C(C(=O)O)CC1C(F)(F)F)C(F)(F)F. The van der Waals surface area contributed by atoms with Gasteiger partial charge >= 0.3 is 18.3 Å². The Hall–Kier alpha value is -1.67. The predicted octanol–water partition coefficient (Wildman–Crippen LogP) is 3.43. The molecule has 0 aromatic rings. The molecular formula is C11H10F6O3. The van der Waals surface area contributed by atoms with Crippen molar-refractivity contribution in [2.24, 2.45) is 5.92 Å². The summed E-state index contributed by atoms with van der Waals surface area (Å²) in [5.41, 5.74) is -0.542. The molecule has 0 bridgehead atoms. The van der Waals surface area contributed by atoms with Gasteiger partial charge in [-0.05, 0) is 25.5 Å². The molecule has 1 aliphatic rings. The lowest BCUT2D eigenvalue weighted by Crippen LogP contribution is -2.34. The van der Waals surface area contributed by atoms with Gasteiger partial charge in [0.05, 0.1) is 0 Å². The van der Waals surface area contributed by atoms with Gasteiger partial charge < -0.3 is 9.84 Å². The number of carboxylic acid groups (broad SMARTS) is 1. The second-order valence-electron chi connectivity index (χ2n) is 4.17. The van der Waals surface area contributed by atoms with Gasteiger partial charge in [-0.3, -0.25) is 0 Å². The molecule has 0 saturated carbocycles. The van der Waals surface area contributed by atoms with Crippen LogP contribution in [0.4, 0.5) is 26.3 Å². The first kappa shape index (κ1) is 16.4. The molecule has 1 rings (SSSR count). The van der Waals surface area contributed by atoms with Crippen molar-refractivity contribution in [3.05, 3.63) is 23.5 Å². The Labute approximate surface area is 109 Å². The van der Waals surface area contributed by atoms with E-state index in [0.717, 1.165) is 6.08 Å². The van der Waals surface area contributed by atoms with Crippen molar-refractivity contribution in [2.75, 3.05) is 0 Å². The van der Waals surface area contributed by atoms with Crippen LogP contribution in [0.3, 0.4) is 0 Å². The molecule has 20 heavy (non-hydrogen) atoms. The van der Waals surface area contributed by atoms with E-state index in [9.17, 15) is 31.1 Å². The summed E-state index contributed by atoms with van der Waals surface area (Å²) in [5.74, 6) is -4.89.